The molecule has 3 rings (SSSR count). The van der Waals surface area contributed by atoms with Gasteiger partial charge in [-0.25, -0.2) is 4.98 Å². The Morgan fingerprint density at radius 1 is 1.36 bits per heavy atom. The highest BCUT2D eigenvalue weighted by molar-refractivity contribution is 7.09. The number of piperidine rings is 1. The van der Waals surface area contributed by atoms with Gasteiger partial charge >= 0.3 is 0 Å². The predicted molar refractivity (Wildman–Crippen MR) is 90.3 cm³/mol. The number of nitrogens with zero attached hydrogens (tertiary/aromatic N) is 2. The average molecular weight is 315 g/mol. The van der Waals surface area contributed by atoms with Crippen LogP contribution in [0.5, 0.6) is 0 Å². The van der Waals surface area contributed by atoms with Crippen LogP contribution in [0.2, 0.25) is 0 Å². The molecule has 22 heavy (non-hydrogen) atoms. The highest BCUT2D eigenvalue weighted by Gasteiger charge is 2.22. The monoisotopic (exact) mass is 315 g/mol. The summed E-state index contributed by atoms with van der Waals surface area (Å²) in [5.74, 6) is 1.15. The summed E-state index contributed by atoms with van der Waals surface area (Å²) in [6, 6.07) is 10.3. The van der Waals surface area contributed by atoms with Crippen molar-refractivity contribution >= 4 is 23.1 Å². The first-order valence-electron chi connectivity index (χ1n) is 7.79. The second-order valence-corrected chi connectivity index (χ2v) is 6.65. The molecule has 3 heterocycles. The van der Waals surface area contributed by atoms with Crippen LogP contribution in [0.3, 0.4) is 0 Å². The van der Waals surface area contributed by atoms with Crippen molar-refractivity contribution in [1.29, 1.82) is 0 Å². The standard InChI is InChI=1S/C17H21N3OS/c21-17(9-8-15-6-4-12-22-15)19-14-5-3-11-20(13-14)16-7-1-2-10-18-16/h1-2,4,6-7,10,12,14H,3,5,8-9,11,13H2,(H,19,21). The lowest BCUT2D eigenvalue weighted by molar-refractivity contribution is -0.121. The molecule has 0 saturated carbocycles. The minimum absolute atomic E-state index is 0.154. The molecule has 1 atom stereocenters. The van der Waals surface area contributed by atoms with Gasteiger partial charge in [0, 0.05) is 36.6 Å². The molecule has 0 bridgehead atoms. The van der Waals surface area contributed by atoms with Gasteiger partial charge in [-0.15, -0.1) is 11.3 Å². The molecular weight excluding hydrogens is 294 g/mol. The molecule has 0 aliphatic carbocycles. The molecule has 1 amide bonds. The number of anilines is 1. The van der Waals surface area contributed by atoms with Gasteiger partial charge in [0.05, 0.1) is 0 Å². The molecule has 1 saturated heterocycles. The predicted octanol–water partition coefficient (Wildman–Crippen LogP) is 2.86. The van der Waals surface area contributed by atoms with E-state index in [0.29, 0.717) is 6.42 Å². The normalized spacial score (nSPS) is 18.2. The Morgan fingerprint density at radius 2 is 2.32 bits per heavy atom. The Balaban J connectivity index is 1.48. The van der Waals surface area contributed by atoms with Crippen molar-refractivity contribution in [3.05, 3.63) is 46.8 Å². The SMILES string of the molecule is O=C(CCc1cccs1)NC1CCCN(c2ccccn2)C1. The van der Waals surface area contributed by atoms with E-state index in [0.717, 1.165) is 38.2 Å². The highest BCUT2D eigenvalue weighted by Crippen LogP contribution is 2.17. The molecule has 1 fully saturated rings. The summed E-state index contributed by atoms with van der Waals surface area (Å²) in [7, 11) is 0. The van der Waals surface area contributed by atoms with E-state index in [1.54, 1.807) is 11.3 Å². The van der Waals surface area contributed by atoms with Gasteiger partial charge in [-0.05, 0) is 42.8 Å². The lowest BCUT2D eigenvalue weighted by Crippen LogP contribution is -2.48. The van der Waals surface area contributed by atoms with E-state index in [9.17, 15) is 4.79 Å². The number of pyridine rings is 1. The fraction of sp³-hybridized carbons (Fsp3) is 0.412. The molecule has 2 aromatic rings. The second-order valence-electron chi connectivity index (χ2n) is 5.62. The van der Waals surface area contributed by atoms with E-state index in [1.165, 1.54) is 4.88 Å². The van der Waals surface area contributed by atoms with E-state index >= 15 is 0 Å². The van der Waals surface area contributed by atoms with Crippen LogP contribution in [0.1, 0.15) is 24.1 Å². The molecule has 5 heteroatoms. The molecule has 1 aliphatic rings. The van der Waals surface area contributed by atoms with Gasteiger partial charge in [0.2, 0.25) is 5.91 Å². The van der Waals surface area contributed by atoms with Crippen LogP contribution in [0.4, 0.5) is 5.82 Å². The van der Waals surface area contributed by atoms with Gasteiger partial charge in [-0.3, -0.25) is 4.79 Å². The van der Waals surface area contributed by atoms with Gasteiger partial charge in [0.25, 0.3) is 0 Å². The molecule has 4 nitrogen and oxygen atoms in total. The van der Waals surface area contributed by atoms with E-state index < -0.39 is 0 Å². The molecule has 1 aliphatic heterocycles. The molecule has 2 aromatic heterocycles. The fourth-order valence-corrected chi connectivity index (χ4v) is 3.54. The van der Waals surface area contributed by atoms with Crippen molar-refractivity contribution in [2.45, 2.75) is 31.7 Å². The molecule has 1 unspecified atom stereocenters. The molecule has 0 aromatic carbocycles. The third-order valence-electron chi connectivity index (χ3n) is 3.94. The van der Waals surface area contributed by atoms with E-state index in [4.69, 9.17) is 0 Å². The zero-order valence-corrected chi connectivity index (χ0v) is 13.4. The van der Waals surface area contributed by atoms with Crippen LogP contribution in [-0.2, 0) is 11.2 Å². The summed E-state index contributed by atoms with van der Waals surface area (Å²) in [6.07, 6.45) is 5.36. The van der Waals surface area contributed by atoms with Crippen molar-refractivity contribution in [2.24, 2.45) is 0 Å². The second kappa shape index (κ2) is 7.40. The Labute approximate surface area is 135 Å². The van der Waals surface area contributed by atoms with E-state index in [1.807, 2.05) is 30.5 Å². The van der Waals surface area contributed by atoms with Crippen LogP contribution >= 0.6 is 11.3 Å². The van der Waals surface area contributed by atoms with E-state index in [-0.39, 0.29) is 11.9 Å². The molecule has 1 N–H and O–H groups in total. The topological polar surface area (TPSA) is 45.2 Å². The first-order chi connectivity index (χ1) is 10.8. The molecule has 0 radical (unpaired) electrons. The number of rotatable bonds is 5. The van der Waals surface area contributed by atoms with Crippen LogP contribution in [0.15, 0.2) is 41.9 Å². The summed E-state index contributed by atoms with van der Waals surface area (Å²) in [6.45, 7) is 1.86. The number of hydrogen-bond acceptors (Lipinski definition) is 4. The van der Waals surface area contributed by atoms with Crippen LogP contribution in [0, 0.1) is 0 Å². The van der Waals surface area contributed by atoms with Gasteiger partial charge in [-0.1, -0.05) is 12.1 Å². The maximum Gasteiger partial charge on any atom is 0.220 e. The van der Waals surface area contributed by atoms with Crippen molar-refractivity contribution in [3.8, 4) is 0 Å². The minimum atomic E-state index is 0.154. The minimum Gasteiger partial charge on any atom is -0.355 e. The Bertz CT molecular complexity index is 585. The van der Waals surface area contributed by atoms with Crippen molar-refractivity contribution in [1.82, 2.24) is 10.3 Å². The van der Waals surface area contributed by atoms with Gasteiger partial charge in [-0.2, -0.15) is 0 Å². The molecule has 0 spiro atoms. The van der Waals surface area contributed by atoms with Crippen LogP contribution in [-0.4, -0.2) is 30.0 Å². The van der Waals surface area contributed by atoms with Crippen LogP contribution in [0.25, 0.3) is 0 Å². The molecular formula is C17H21N3OS. The average Bonchev–Trinajstić information content (AvgIpc) is 3.08. The number of aromatic nitrogens is 1. The van der Waals surface area contributed by atoms with Gasteiger partial charge in [0.15, 0.2) is 0 Å². The summed E-state index contributed by atoms with van der Waals surface area (Å²) in [5.41, 5.74) is 0. The van der Waals surface area contributed by atoms with Gasteiger partial charge in [0.1, 0.15) is 5.82 Å². The first kappa shape index (κ1) is 15.0. The number of amides is 1. The van der Waals surface area contributed by atoms with Crippen LogP contribution < -0.4 is 10.2 Å². The van der Waals surface area contributed by atoms with Crippen molar-refractivity contribution in [3.63, 3.8) is 0 Å². The lowest BCUT2D eigenvalue weighted by atomic mass is 10.1. The zero-order chi connectivity index (χ0) is 15.2. The quantitative estimate of drug-likeness (QED) is 0.923. The summed E-state index contributed by atoms with van der Waals surface area (Å²) >= 11 is 1.71. The maximum absolute atomic E-state index is 12.1. The zero-order valence-electron chi connectivity index (χ0n) is 12.6. The van der Waals surface area contributed by atoms with E-state index in [2.05, 4.69) is 26.6 Å². The third-order valence-corrected chi connectivity index (χ3v) is 4.87. The Kier molecular flexibility index (Phi) is 5.06. The number of nitrogens with one attached hydrogen (secondary N) is 1. The first-order valence-corrected chi connectivity index (χ1v) is 8.67. The van der Waals surface area contributed by atoms with Crippen molar-refractivity contribution < 1.29 is 4.79 Å². The smallest absolute Gasteiger partial charge is 0.220 e. The number of hydrogen-bond donors (Lipinski definition) is 1. The van der Waals surface area contributed by atoms with Crippen molar-refractivity contribution in [2.75, 3.05) is 18.0 Å². The highest BCUT2D eigenvalue weighted by atomic mass is 32.1. The fourth-order valence-electron chi connectivity index (χ4n) is 2.84. The number of carbonyl (C=O) groups excluding carboxylic acids is 1. The number of thiophene rings is 1. The summed E-state index contributed by atoms with van der Waals surface area (Å²) in [5, 5.41) is 5.23. The Morgan fingerprint density at radius 3 is 3.09 bits per heavy atom. The Hall–Kier alpha value is -1.88. The third kappa shape index (κ3) is 4.07. The summed E-state index contributed by atoms with van der Waals surface area (Å²) < 4.78 is 0. The molecule has 116 valence electrons. The number of aryl methyl sites for hydroxylation is 1. The lowest BCUT2D eigenvalue weighted by Gasteiger charge is -2.34. The number of carbonyl (C=O) groups is 1. The maximum atomic E-state index is 12.1. The largest absolute Gasteiger partial charge is 0.355 e. The summed E-state index contributed by atoms with van der Waals surface area (Å²) in [4.78, 5) is 20.0. The van der Waals surface area contributed by atoms with Gasteiger partial charge < -0.3 is 10.2 Å².